The predicted octanol–water partition coefficient (Wildman–Crippen LogP) is 3.22. The van der Waals surface area contributed by atoms with Crippen molar-refractivity contribution in [3.63, 3.8) is 0 Å². The fourth-order valence-electron chi connectivity index (χ4n) is 1.76. The van der Waals surface area contributed by atoms with Crippen LogP contribution in [0.4, 0.5) is 5.69 Å². The summed E-state index contributed by atoms with van der Waals surface area (Å²) >= 11 is 0. The van der Waals surface area contributed by atoms with Crippen molar-refractivity contribution in [1.29, 1.82) is 0 Å². The fourth-order valence-corrected chi connectivity index (χ4v) is 1.76. The summed E-state index contributed by atoms with van der Waals surface area (Å²) in [4.78, 5) is 6.75. The second-order valence-electron chi connectivity index (χ2n) is 5.21. The highest BCUT2D eigenvalue weighted by molar-refractivity contribution is 14.0. The average Bonchev–Trinajstić information content (AvgIpc) is 2.45. The number of anilines is 1. The summed E-state index contributed by atoms with van der Waals surface area (Å²) in [5, 5.41) is 6.69. The minimum atomic E-state index is 0. The van der Waals surface area contributed by atoms with E-state index >= 15 is 0 Å². The Labute approximate surface area is 146 Å². The highest BCUT2D eigenvalue weighted by Gasteiger charge is 2.03. The van der Waals surface area contributed by atoms with Crippen LogP contribution in [0.1, 0.15) is 32.8 Å². The number of nitrogens with zero attached hydrogens (tertiary/aromatic N) is 2. The van der Waals surface area contributed by atoms with E-state index in [0.717, 1.165) is 18.9 Å². The van der Waals surface area contributed by atoms with Gasteiger partial charge in [0.05, 0.1) is 6.54 Å². The first-order chi connectivity index (χ1) is 9.56. The zero-order valence-corrected chi connectivity index (χ0v) is 16.1. The summed E-state index contributed by atoms with van der Waals surface area (Å²) in [7, 11) is 4.11. The molecule has 0 aliphatic heterocycles. The first-order valence-electron chi connectivity index (χ1n) is 7.37. The fraction of sp³-hybridized carbons (Fsp3) is 0.562. The van der Waals surface area contributed by atoms with Crippen molar-refractivity contribution >= 4 is 35.6 Å². The molecule has 1 atom stereocenters. The molecule has 4 nitrogen and oxygen atoms in total. The van der Waals surface area contributed by atoms with Crippen molar-refractivity contribution < 1.29 is 0 Å². The Morgan fingerprint density at radius 1 is 1.29 bits per heavy atom. The van der Waals surface area contributed by atoms with Crippen LogP contribution in [0.5, 0.6) is 0 Å². The van der Waals surface area contributed by atoms with E-state index in [0.29, 0.717) is 12.6 Å². The monoisotopic (exact) mass is 404 g/mol. The van der Waals surface area contributed by atoms with Crippen LogP contribution in [-0.4, -0.2) is 32.6 Å². The summed E-state index contributed by atoms with van der Waals surface area (Å²) in [6.07, 6.45) is 1.08. The van der Waals surface area contributed by atoms with E-state index < -0.39 is 0 Å². The van der Waals surface area contributed by atoms with Crippen molar-refractivity contribution in [2.75, 3.05) is 25.5 Å². The number of nitrogens with one attached hydrogen (secondary N) is 2. The van der Waals surface area contributed by atoms with Gasteiger partial charge >= 0.3 is 0 Å². The molecule has 5 heteroatoms. The number of hydrogen-bond donors (Lipinski definition) is 2. The summed E-state index contributed by atoms with van der Waals surface area (Å²) in [5.41, 5.74) is 2.43. The molecule has 21 heavy (non-hydrogen) atoms. The van der Waals surface area contributed by atoms with Gasteiger partial charge in [-0.1, -0.05) is 19.1 Å². The molecular weight excluding hydrogens is 375 g/mol. The Bertz CT molecular complexity index is 432. The van der Waals surface area contributed by atoms with E-state index in [4.69, 9.17) is 0 Å². The highest BCUT2D eigenvalue weighted by atomic mass is 127. The third kappa shape index (κ3) is 7.55. The molecule has 0 aromatic heterocycles. The molecule has 1 rings (SSSR count). The normalized spacial score (nSPS) is 12.3. The van der Waals surface area contributed by atoms with E-state index in [2.05, 4.69) is 79.7 Å². The number of hydrogen-bond acceptors (Lipinski definition) is 2. The van der Waals surface area contributed by atoms with Crippen molar-refractivity contribution in [2.45, 2.75) is 39.8 Å². The maximum Gasteiger partial charge on any atom is 0.191 e. The van der Waals surface area contributed by atoms with Gasteiger partial charge < -0.3 is 15.5 Å². The SMILES string of the molecule is CCNC(=NCc1cccc(N(C)C)c1)NC(C)CC.I. The second-order valence-corrected chi connectivity index (χ2v) is 5.21. The van der Waals surface area contributed by atoms with Gasteiger partial charge in [-0.05, 0) is 38.0 Å². The molecule has 1 aromatic carbocycles. The van der Waals surface area contributed by atoms with Gasteiger partial charge in [-0.25, -0.2) is 4.99 Å². The number of rotatable bonds is 6. The molecule has 1 aromatic rings. The molecule has 1 unspecified atom stereocenters. The van der Waals surface area contributed by atoms with Crippen LogP contribution in [0.3, 0.4) is 0 Å². The molecule has 0 bridgehead atoms. The van der Waals surface area contributed by atoms with Crippen LogP contribution in [0, 0.1) is 0 Å². The molecule has 0 aliphatic rings. The molecule has 0 fully saturated rings. The molecule has 0 aliphatic carbocycles. The summed E-state index contributed by atoms with van der Waals surface area (Å²) in [5.74, 6) is 0.886. The maximum absolute atomic E-state index is 4.65. The van der Waals surface area contributed by atoms with Gasteiger partial charge in [0, 0.05) is 32.4 Å². The van der Waals surface area contributed by atoms with Crippen LogP contribution < -0.4 is 15.5 Å². The van der Waals surface area contributed by atoms with Gasteiger partial charge in [0.15, 0.2) is 5.96 Å². The standard InChI is InChI=1S/C16H28N4.HI/c1-6-13(3)19-16(17-7-2)18-12-14-9-8-10-15(11-14)20(4)5;/h8-11,13H,6-7,12H2,1-5H3,(H2,17,18,19);1H. The average molecular weight is 404 g/mol. The van der Waals surface area contributed by atoms with Gasteiger partial charge in [0.25, 0.3) is 0 Å². The topological polar surface area (TPSA) is 39.7 Å². The first-order valence-corrected chi connectivity index (χ1v) is 7.37. The lowest BCUT2D eigenvalue weighted by Gasteiger charge is -2.16. The molecule has 0 saturated carbocycles. The Balaban J connectivity index is 0.00000400. The van der Waals surface area contributed by atoms with E-state index in [1.54, 1.807) is 0 Å². The Kier molecular flexibility index (Phi) is 10.2. The molecule has 0 amide bonds. The predicted molar refractivity (Wildman–Crippen MR) is 104 cm³/mol. The molecule has 2 N–H and O–H groups in total. The third-order valence-electron chi connectivity index (χ3n) is 3.19. The van der Waals surface area contributed by atoms with Crippen molar-refractivity contribution in [1.82, 2.24) is 10.6 Å². The molecule has 0 spiro atoms. The van der Waals surface area contributed by atoms with E-state index in [1.165, 1.54) is 11.3 Å². The lowest BCUT2D eigenvalue weighted by molar-refractivity contribution is 0.624. The lowest BCUT2D eigenvalue weighted by atomic mass is 10.2. The number of halogens is 1. The van der Waals surface area contributed by atoms with Gasteiger partial charge in [0.1, 0.15) is 0 Å². The number of benzene rings is 1. The lowest BCUT2D eigenvalue weighted by Crippen LogP contribution is -2.41. The largest absolute Gasteiger partial charge is 0.378 e. The first kappa shape index (κ1) is 20.0. The third-order valence-corrected chi connectivity index (χ3v) is 3.19. The molecule has 120 valence electrons. The summed E-state index contributed by atoms with van der Waals surface area (Å²) in [6.45, 7) is 7.98. The highest BCUT2D eigenvalue weighted by Crippen LogP contribution is 2.13. The Morgan fingerprint density at radius 2 is 2.00 bits per heavy atom. The van der Waals surface area contributed by atoms with Crippen LogP contribution in [0.15, 0.2) is 29.3 Å². The maximum atomic E-state index is 4.65. The Hall–Kier alpha value is -0.980. The quantitative estimate of drug-likeness (QED) is 0.435. The summed E-state index contributed by atoms with van der Waals surface area (Å²) < 4.78 is 0. The van der Waals surface area contributed by atoms with Crippen LogP contribution in [-0.2, 0) is 6.54 Å². The smallest absolute Gasteiger partial charge is 0.191 e. The minimum Gasteiger partial charge on any atom is -0.378 e. The number of guanidine groups is 1. The van der Waals surface area contributed by atoms with Crippen LogP contribution in [0.2, 0.25) is 0 Å². The Morgan fingerprint density at radius 3 is 2.57 bits per heavy atom. The molecular formula is C16H29IN4. The zero-order chi connectivity index (χ0) is 15.0. The van der Waals surface area contributed by atoms with E-state index in [1.807, 2.05) is 0 Å². The summed E-state index contributed by atoms with van der Waals surface area (Å²) in [6, 6.07) is 8.91. The van der Waals surface area contributed by atoms with E-state index in [-0.39, 0.29) is 24.0 Å². The van der Waals surface area contributed by atoms with Crippen LogP contribution >= 0.6 is 24.0 Å². The second kappa shape index (κ2) is 10.7. The van der Waals surface area contributed by atoms with Crippen molar-refractivity contribution in [2.24, 2.45) is 4.99 Å². The minimum absolute atomic E-state index is 0. The van der Waals surface area contributed by atoms with Gasteiger partial charge in [-0.15, -0.1) is 24.0 Å². The van der Waals surface area contributed by atoms with Gasteiger partial charge in [0.2, 0.25) is 0 Å². The van der Waals surface area contributed by atoms with Crippen LogP contribution in [0.25, 0.3) is 0 Å². The molecule has 0 radical (unpaired) electrons. The van der Waals surface area contributed by atoms with Gasteiger partial charge in [-0.3, -0.25) is 0 Å². The van der Waals surface area contributed by atoms with Crippen molar-refractivity contribution in [3.05, 3.63) is 29.8 Å². The number of aliphatic imine (C=N–C) groups is 1. The van der Waals surface area contributed by atoms with Gasteiger partial charge in [-0.2, -0.15) is 0 Å². The van der Waals surface area contributed by atoms with E-state index in [9.17, 15) is 0 Å². The van der Waals surface area contributed by atoms with Crippen molar-refractivity contribution in [3.8, 4) is 0 Å². The molecule has 0 heterocycles. The molecule has 0 saturated heterocycles. The zero-order valence-electron chi connectivity index (χ0n) is 13.8.